The predicted octanol–water partition coefficient (Wildman–Crippen LogP) is 2.46. The van der Waals surface area contributed by atoms with Crippen LogP contribution >= 0.6 is 0 Å². The van der Waals surface area contributed by atoms with Crippen LogP contribution in [-0.4, -0.2) is 12.7 Å². The van der Waals surface area contributed by atoms with E-state index in [0.717, 1.165) is 6.61 Å². The van der Waals surface area contributed by atoms with Crippen molar-refractivity contribution in [1.82, 2.24) is 0 Å². The molecule has 60 valence electrons. The lowest BCUT2D eigenvalue weighted by molar-refractivity contribution is 0.0894. The van der Waals surface area contributed by atoms with Crippen molar-refractivity contribution in [2.24, 2.45) is 10.8 Å². The average Bonchev–Trinajstić information content (AvgIpc) is 2.38. The quantitative estimate of drug-likeness (QED) is 0.512. The summed E-state index contributed by atoms with van der Waals surface area (Å²) in [6, 6.07) is 0. The summed E-state index contributed by atoms with van der Waals surface area (Å²) in [6.45, 7) is 12.3. The minimum absolute atomic E-state index is 0.326. The van der Waals surface area contributed by atoms with Gasteiger partial charge in [-0.25, -0.2) is 0 Å². The number of epoxide rings is 1. The lowest BCUT2D eigenvalue weighted by Gasteiger charge is -2.37. The Bertz CT molecular complexity index is 126. The molecule has 0 aromatic heterocycles. The van der Waals surface area contributed by atoms with Crippen LogP contribution in [0.2, 0.25) is 0 Å². The maximum Gasteiger partial charge on any atom is 0.0865 e. The smallest absolute Gasteiger partial charge is 0.0865 e. The van der Waals surface area contributed by atoms with E-state index in [-0.39, 0.29) is 0 Å². The van der Waals surface area contributed by atoms with Gasteiger partial charge in [-0.1, -0.05) is 34.6 Å². The van der Waals surface area contributed by atoms with Crippen LogP contribution in [0.5, 0.6) is 0 Å². The van der Waals surface area contributed by atoms with E-state index in [1.807, 2.05) is 0 Å². The second kappa shape index (κ2) is 1.97. The van der Waals surface area contributed by atoms with Gasteiger partial charge in [0.15, 0.2) is 0 Å². The van der Waals surface area contributed by atoms with Crippen LogP contribution in [-0.2, 0) is 4.74 Å². The van der Waals surface area contributed by atoms with Gasteiger partial charge in [-0.15, -0.1) is 0 Å². The third kappa shape index (κ3) is 1.20. The molecule has 0 saturated carbocycles. The van der Waals surface area contributed by atoms with Crippen molar-refractivity contribution in [3.05, 3.63) is 0 Å². The summed E-state index contributed by atoms with van der Waals surface area (Å²) in [5, 5.41) is 0. The Morgan fingerprint density at radius 2 is 1.50 bits per heavy atom. The molecule has 0 aromatic rings. The monoisotopic (exact) mass is 142 g/mol. The minimum Gasteiger partial charge on any atom is -0.373 e. The Morgan fingerprint density at radius 1 is 1.10 bits per heavy atom. The van der Waals surface area contributed by atoms with Crippen molar-refractivity contribution in [3.8, 4) is 0 Å². The van der Waals surface area contributed by atoms with Crippen LogP contribution in [0.1, 0.15) is 34.6 Å². The molecule has 1 unspecified atom stereocenters. The van der Waals surface area contributed by atoms with Crippen molar-refractivity contribution in [1.29, 1.82) is 0 Å². The summed E-state index contributed by atoms with van der Waals surface area (Å²) < 4.78 is 5.30. The fourth-order valence-electron chi connectivity index (χ4n) is 0.948. The maximum atomic E-state index is 5.30. The largest absolute Gasteiger partial charge is 0.373 e. The highest BCUT2D eigenvalue weighted by Gasteiger charge is 2.46. The molecule has 0 aromatic carbocycles. The molecule has 1 heteroatoms. The van der Waals surface area contributed by atoms with Gasteiger partial charge in [0.05, 0.1) is 12.7 Å². The second-order valence-electron chi connectivity index (χ2n) is 4.79. The van der Waals surface area contributed by atoms with Gasteiger partial charge in [-0.2, -0.15) is 0 Å². The molecule has 1 aliphatic rings. The molecule has 0 bridgehead atoms. The average molecular weight is 142 g/mol. The summed E-state index contributed by atoms with van der Waals surface area (Å²) in [7, 11) is 0. The molecule has 0 aliphatic carbocycles. The SMILES string of the molecule is CC(C)(C)C(C)(C)C1CO1. The van der Waals surface area contributed by atoms with Crippen molar-refractivity contribution >= 4 is 0 Å². The van der Waals surface area contributed by atoms with Gasteiger partial charge in [0.1, 0.15) is 0 Å². The Morgan fingerprint density at radius 3 is 1.60 bits per heavy atom. The topological polar surface area (TPSA) is 12.5 Å². The maximum absolute atomic E-state index is 5.30. The summed E-state index contributed by atoms with van der Waals surface area (Å²) in [5.74, 6) is 0. The molecule has 1 aliphatic heterocycles. The number of rotatable bonds is 1. The highest BCUT2D eigenvalue weighted by molar-refractivity contribution is 4.94. The van der Waals surface area contributed by atoms with Gasteiger partial charge in [0.25, 0.3) is 0 Å². The first-order valence-corrected chi connectivity index (χ1v) is 3.97. The molecule has 1 atom stereocenters. The molecule has 0 spiro atoms. The van der Waals surface area contributed by atoms with E-state index in [1.54, 1.807) is 0 Å². The van der Waals surface area contributed by atoms with Gasteiger partial charge < -0.3 is 4.74 Å². The molecular weight excluding hydrogens is 124 g/mol. The summed E-state index contributed by atoms with van der Waals surface area (Å²) in [4.78, 5) is 0. The third-order valence-electron chi connectivity index (χ3n) is 3.07. The van der Waals surface area contributed by atoms with Gasteiger partial charge in [-0.3, -0.25) is 0 Å². The fraction of sp³-hybridized carbons (Fsp3) is 1.00. The van der Waals surface area contributed by atoms with Crippen molar-refractivity contribution < 1.29 is 4.74 Å². The fourth-order valence-corrected chi connectivity index (χ4v) is 0.948. The Labute approximate surface area is 63.8 Å². The highest BCUT2D eigenvalue weighted by atomic mass is 16.6. The first kappa shape index (κ1) is 8.06. The van der Waals surface area contributed by atoms with E-state index < -0.39 is 0 Å². The van der Waals surface area contributed by atoms with Gasteiger partial charge >= 0.3 is 0 Å². The molecular formula is C9H18O. The highest BCUT2D eigenvalue weighted by Crippen LogP contribution is 2.46. The van der Waals surface area contributed by atoms with Crippen LogP contribution in [0.15, 0.2) is 0 Å². The van der Waals surface area contributed by atoms with E-state index in [4.69, 9.17) is 4.74 Å². The Hall–Kier alpha value is -0.0400. The molecule has 0 radical (unpaired) electrons. The second-order valence-corrected chi connectivity index (χ2v) is 4.79. The molecule has 10 heavy (non-hydrogen) atoms. The van der Waals surface area contributed by atoms with Gasteiger partial charge in [0, 0.05) is 0 Å². The Balaban J connectivity index is 2.66. The zero-order valence-corrected chi connectivity index (χ0v) is 7.69. The number of hydrogen-bond acceptors (Lipinski definition) is 1. The standard InChI is InChI=1S/C9H18O/c1-8(2,3)9(4,5)7-6-10-7/h7H,6H2,1-5H3. The zero-order chi connectivity index (χ0) is 7.99. The van der Waals surface area contributed by atoms with Crippen LogP contribution in [0.25, 0.3) is 0 Å². The molecule has 1 nitrogen and oxygen atoms in total. The minimum atomic E-state index is 0.326. The molecule has 0 N–H and O–H groups in total. The Kier molecular flexibility index (Phi) is 1.59. The molecule has 1 saturated heterocycles. The predicted molar refractivity (Wildman–Crippen MR) is 43.0 cm³/mol. The first-order chi connectivity index (χ1) is 4.36. The van der Waals surface area contributed by atoms with Crippen LogP contribution in [0.3, 0.4) is 0 Å². The third-order valence-corrected chi connectivity index (χ3v) is 3.07. The van der Waals surface area contributed by atoms with Crippen molar-refractivity contribution in [2.75, 3.05) is 6.61 Å². The van der Waals surface area contributed by atoms with Crippen molar-refractivity contribution in [3.63, 3.8) is 0 Å². The van der Waals surface area contributed by atoms with Gasteiger partial charge in [0.2, 0.25) is 0 Å². The van der Waals surface area contributed by atoms with Crippen LogP contribution in [0, 0.1) is 10.8 Å². The normalized spacial score (nSPS) is 26.7. The zero-order valence-electron chi connectivity index (χ0n) is 7.69. The van der Waals surface area contributed by atoms with E-state index in [9.17, 15) is 0 Å². The number of ether oxygens (including phenoxy) is 1. The molecule has 1 fully saturated rings. The summed E-state index contributed by atoms with van der Waals surface area (Å²) in [6.07, 6.45) is 0.507. The van der Waals surface area contributed by atoms with E-state index in [1.165, 1.54) is 0 Å². The van der Waals surface area contributed by atoms with E-state index >= 15 is 0 Å². The summed E-state index contributed by atoms with van der Waals surface area (Å²) >= 11 is 0. The molecule has 1 heterocycles. The molecule has 0 amide bonds. The first-order valence-electron chi connectivity index (χ1n) is 3.97. The van der Waals surface area contributed by atoms with E-state index in [2.05, 4.69) is 34.6 Å². The molecule has 1 rings (SSSR count). The lowest BCUT2D eigenvalue weighted by Crippen LogP contribution is -2.34. The van der Waals surface area contributed by atoms with Crippen LogP contribution in [0.4, 0.5) is 0 Å². The lowest BCUT2D eigenvalue weighted by atomic mass is 9.67. The number of hydrogen-bond donors (Lipinski definition) is 0. The van der Waals surface area contributed by atoms with Crippen LogP contribution < -0.4 is 0 Å². The van der Waals surface area contributed by atoms with Crippen molar-refractivity contribution in [2.45, 2.75) is 40.7 Å². The van der Waals surface area contributed by atoms with E-state index in [0.29, 0.717) is 16.9 Å². The summed E-state index contributed by atoms with van der Waals surface area (Å²) in [5.41, 5.74) is 0.682. The van der Waals surface area contributed by atoms with Gasteiger partial charge in [-0.05, 0) is 10.8 Å².